The summed E-state index contributed by atoms with van der Waals surface area (Å²) < 4.78 is 58.8. The van der Waals surface area contributed by atoms with Gasteiger partial charge in [-0.2, -0.15) is 4.36 Å². The van der Waals surface area contributed by atoms with Crippen LogP contribution in [0, 0.1) is 17.6 Å². The van der Waals surface area contributed by atoms with Gasteiger partial charge in [0.15, 0.2) is 5.82 Å². The van der Waals surface area contributed by atoms with Crippen LogP contribution in [0.4, 0.5) is 20.4 Å². The number of halogens is 2. The molecule has 46 heavy (non-hydrogen) atoms. The lowest BCUT2D eigenvalue weighted by molar-refractivity contribution is -0.129. The van der Waals surface area contributed by atoms with Crippen molar-refractivity contribution in [3.8, 4) is 22.8 Å². The van der Waals surface area contributed by atoms with Crippen molar-refractivity contribution >= 4 is 33.2 Å². The molecular formula is C32H38F2N6O5S. The van der Waals surface area contributed by atoms with Gasteiger partial charge in [0.2, 0.25) is 11.9 Å². The van der Waals surface area contributed by atoms with E-state index in [0.29, 0.717) is 29.8 Å². The summed E-state index contributed by atoms with van der Waals surface area (Å²) in [5.74, 6) is -1.94. The molecule has 0 aliphatic carbocycles. The number of aromatic nitrogens is 2. The molecule has 11 nitrogen and oxygen atoms in total. The van der Waals surface area contributed by atoms with Crippen LogP contribution in [0.5, 0.6) is 11.5 Å². The predicted octanol–water partition coefficient (Wildman–Crippen LogP) is 4.73. The van der Waals surface area contributed by atoms with Crippen LogP contribution in [0.1, 0.15) is 45.6 Å². The fraction of sp³-hybridized carbons (Fsp3) is 0.438. The van der Waals surface area contributed by atoms with Gasteiger partial charge in [-0.3, -0.25) is 9.59 Å². The third kappa shape index (κ3) is 8.35. The number of fused-ring (bicyclic) bond motifs is 6. The fourth-order valence-electron chi connectivity index (χ4n) is 5.33. The molecule has 4 atom stereocenters. The van der Waals surface area contributed by atoms with Gasteiger partial charge in [0, 0.05) is 36.1 Å². The van der Waals surface area contributed by atoms with Gasteiger partial charge in [0.1, 0.15) is 29.1 Å². The van der Waals surface area contributed by atoms with E-state index in [0.717, 1.165) is 19.2 Å². The second-order valence-corrected chi connectivity index (χ2v) is 14.4. The molecule has 2 aliphatic rings. The maximum Gasteiger partial charge on any atom is 0.276 e. The predicted molar refractivity (Wildman–Crippen MR) is 170 cm³/mol. The van der Waals surface area contributed by atoms with E-state index in [1.807, 2.05) is 6.92 Å². The number of hydrogen-bond acceptors (Lipinski definition) is 9. The lowest BCUT2D eigenvalue weighted by atomic mass is 10.0. The molecule has 3 N–H and O–H groups in total. The van der Waals surface area contributed by atoms with E-state index >= 15 is 0 Å². The Hall–Kier alpha value is -4.17. The lowest BCUT2D eigenvalue weighted by Crippen LogP contribution is -2.50. The number of carbonyl (C=O) groups excluding carboxylic acids is 2. The minimum atomic E-state index is -3.11. The van der Waals surface area contributed by atoms with Crippen LogP contribution in [0.3, 0.4) is 0 Å². The molecule has 0 spiro atoms. The van der Waals surface area contributed by atoms with E-state index < -0.39 is 33.3 Å². The molecule has 0 radical (unpaired) electrons. The maximum atomic E-state index is 14.9. The van der Waals surface area contributed by atoms with E-state index in [-0.39, 0.29) is 59.3 Å². The molecule has 3 heterocycles. The number of ether oxygens (including phenoxy) is 2. The molecule has 0 unspecified atom stereocenters. The topological polar surface area (TPSA) is 144 Å². The SMILES string of the molecule is CC(C)[C@H](NC(=O)[C@@H]1CCCN1)C(=O)N=[S@](C)(=O)Cc1cc2cc(c1)O[C@H](C)CCOc1cc(F)ccc1-c1nc(ncc1F)N2. The molecule has 14 heteroatoms. The van der Waals surface area contributed by atoms with Crippen LogP contribution in [-0.2, 0) is 25.1 Å². The molecule has 1 fully saturated rings. The van der Waals surface area contributed by atoms with Gasteiger partial charge in [-0.05, 0) is 62.1 Å². The van der Waals surface area contributed by atoms with Gasteiger partial charge in [0.25, 0.3) is 5.91 Å². The van der Waals surface area contributed by atoms with Crippen molar-refractivity contribution in [2.45, 2.75) is 64.0 Å². The molecule has 1 aromatic heterocycles. The molecule has 0 saturated carbocycles. The van der Waals surface area contributed by atoms with Gasteiger partial charge < -0.3 is 25.4 Å². The summed E-state index contributed by atoms with van der Waals surface area (Å²) >= 11 is 0. The van der Waals surface area contributed by atoms with E-state index in [1.54, 1.807) is 32.0 Å². The summed E-state index contributed by atoms with van der Waals surface area (Å²) in [5, 5.41) is 8.94. The van der Waals surface area contributed by atoms with Crippen LogP contribution in [0.25, 0.3) is 11.3 Å². The zero-order valence-electron chi connectivity index (χ0n) is 26.1. The van der Waals surface area contributed by atoms with Crippen molar-refractivity contribution in [3.63, 3.8) is 0 Å². The van der Waals surface area contributed by atoms with Crippen molar-refractivity contribution in [1.82, 2.24) is 20.6 Å². The minimum absolute atomic E-state index is 0.0456. The Balaban J connectivity index is 1.44. The van der Waals surface area contributed by atoms with Crippen LogP contribution >= 0.6 is 0 Å². The Bertz CT molecular complexity index is 1740. The Labute approximate surface area is 267 Å². The summed E-state index contributed by atoms with van der Waals surface area (Å²) in [5.41, 5.74) is 1.19. The Morgan fingerprint density at radius 2 is 1.98 bits per heavy atom. The number of nitrogens with one attached hydrogen (secondary N) is 3. The van der Waals surface area contributed by atoms with Crippen molar-refractivity contribution < 1.29 is 32.1 Å². The summed E-state index contributed by atoms with van der Waals surface area (Å²) in [4.78, 5) is 34.3. The molecule has 1 saturated heterocycles. The van der Waals surface area contributed by atoms with Gasteiger partial charge >= 0.3 is 0 Å². The lowest BCUT2D eigenvalue weighted by Gasteiger charge is -2.21. The van der Waals surface area contributed by atoms with Crippen LogP contribution in [0.2, 0.25) is 0 Å². The molecule has 2 amide bonds. The third-order valence-electron chi connectivity index (χ3n) is 7.61. The molecule has 3 aromatic rings. The molecule has 2 aromatic carbocycles. The molecule has 5 rings (SSSR count). The first-order valence-electron chi connectivity index (χ1n) is 15.2. The van der Waals surface area contributed by atoms with Crippen LogP contribution in [-0.4, -0.2) is 63.6 Å². The summed E-state index contributed by atoms with van der Waals surface area (Å²) in [6.07, 6.45) is 4.02. The summed E-state index contributed by atoms with van der Waals surface area (Å²) in [7, 11) is -3.11. The van der Waals surface area contributed by atoms with Crippen molar-refractivity contribution in [3.05, 3.63) is 59.8 Å². The monoisotopic (exact) mass is 656 g/mol. The maximum absolute atomic E-state index is 14.9. The first-order valence-corrected chi connectivity index (χ1v) is 17.3. The first kappa shape index (κ1) is 33.2. The molecule has 246 valence electrons. The Morgan fingerprint density at radius 1 is 1.17 bits per heavy atom. The fourth-order valence-corrected chi connectivity index (χ4v) is 6.68. The van der Waals surface area contributed by atoms with Gasteiger partial charge in [-0.1, -0.05) is 13.8 Å². The van der Waals surface area contributed by atoms with Crippen LogP contribution in [0.15, 0.2) is 47.0 Å². The highest BCUT2D eigenvalue weighted by molar-refractivity contribution is 7.92. The van der Waals surface area contributed by atoms with Crippen molar-refractivity contribution in [1.29, 1.82) is 0 Å². The number of rotatable bonds is 6. The largest absolute Gasteiger partial charge is 0.493 e. The molecular weight excluding hydrogens is 618 g/mol. The van der Waals surface area contributed by atoms with Gasteiger partial charge in [-0.25, -0.2) is 23.0 Å². The number of carbonyl (C=O) groups is 2. The Morgan fingerprint density at radius 3 is 2.72 bits per heavy atom. The van der Waals surface area contributed by atoms with E-state index in [9.17, 15) is 22.6 Å². The van der Waals surface area contributed by atoms with Gasteiger partial charge in [-0.15, -0.1) is 0 Å². The second-order valence-electron chi connectivity index (χ2n) is 12.0. The van der Waals surface area contributed by atoms with E-state index in [2.05, 4.69) is 30.3 Å². The standard InChI is InChI=1S/C32H38F2N6O5S/c1-18(2)28(38-30(41)26-6-5-10-35-26)31(42)40-46(4,43)17-20-12-22-15-23(13-20)45-19(3)9-11-44-27-14-21(33)7-8-24(27)29-25(34)16-36-32(37-22)39-29/h7-8,12-16,18-19,26,28,35H,5-6,9-11,17H2,1-4H3,(H,38,41)(H,36,37,39)/t19-,26+,28+,46-/m1/s1. The number of benzene rings is 2. The average molecular weight is 657 g/mol. The minimum Gasteiger partial charge on any atom is -0.493 e. The number of anilines is 2. The van der Waals surface area contributed by atoms with E-state index in [1.165, 1.54) is 24.5 Å². The smallest absolute Gasteiger partial charge is 0.276 e. The summed E-state index contributed by atoms with van der Waals surface area (Å²) in [6, 6.07) is 7.58. The number of hydrogen-bond donors (Lipinski definition) is 3. The zero-order chi connectivity index (χ0) is 33.0. The third-order valence-corrected chi connectivity index (χ3v) is 9.04. The molecule has 2 aliphatic heterocycles. The van der Waals surface area contributed by atoms with Crippen molar-refractivity contribution in [2.24, 2.45) is 10.3 Å². The normalized spacial score (nSPS) is 19.7. The highest BCUT2D eigenvalue weighted by atomic mass is 32.2. The summed E-state index contributed by atoms with van der Waals surface area (Å²) in [6.45, 7) is 6.31. The van der Waals surface area contributed by atoms with E-state index in [4.69, 9.17) is 9.47 Å². The number of nitrogens with zero attached hydrogens (tertiary/aromatic N) is 3. The number of amides is 2. The first-order chi connectivity index (χ1) is 21.9. The highest BCUT2D eigenvalue weighted by Crippen LogP contribution is 2.33. The van der Waals surface area contributed by atoms with Crippen molar-refractivity contribution in [2.75, 3.05) is 24.7 Å². The second kappa shape index (κ2) is 14.1. The Kier molecular flexibility index (Phi) is 10.2. The quantitative estimate of drug-likeness (QED) is 0.343. The molecule has 4 bridgehead atoms. The van der Waals surface area contributed by atoms with Crippen LogP contribution < -0.4 is 25.4 Å². The van der Waals surface area contributed by atoms with Gasteiger partial charge in [0.05, 0.1) is 40.4 Å². The highest BCUT2D eigenvalue weighted by Gasteiger charge is 2.30. The zero-order valence-corrected chi connectivity index (χ0v) is 27.0. The average Bonchev–Trinajstić information content (AvgIpc) is 3.51.